The normalized spacial score (nSPS) is 14.8. The molecule has 0 aliphatic carbocycles. The first-order valence-corrected chi connectivity index (χ1v) is 5.55. The molecule has 92 valence electrons. The number of fused-ring (bicyclic) bond motifs is 1. The molecule has 0 spiro atoms. The maximum atomic E-state index is 5.76. The average Bonchev–Trinajstić information content (AvgIpc) is 2.80. The Labute approximate surface area is 101 Å². The summed E-state index contributed by atoms with van der Waals surface area (Å²) in [6.07, 6.45) is 0. The monoisotopic (exact) mass is 234 g/mol. The molecule has 0 saturated heterocycles. The standard InChI is InChI=1S/C13H18N2O2/c1-13(8-14,17-3)12-6-9-4-5-10(16-2)7-11(9)15-12/h4-7,15H,8,14H2,1-3H3. The van der Waals surface area contributed by atoms with Gasteiger partial charge in [0.05, 0.1) is 7.11 Å². The Morgan fingerprint density at radius 2 is 2.06 bits per heavy atom. The van der Waals surface area contributed by atoms with E-state index in [0.29, 0.717) is 6.54 Å². The molecule has 0 fully saturated rings. The SMILES string of the molecule is COc1ccc2cc(C(C)(CN)OC)[nH]c2c1. The van der Waals surface area contributed by atoms with Gasteiger partial charge in [-0.2, -0.15) is 0 Å². The predicted octanol–water partition coefficient (Wildman–Crippen LogP) is 2.00. The van der Waals surface area contributed by atoms with E-state index in [1.54, 1.807) is 14.2 Å². The maximum Gasteiger partial charge on any atom is 0.120 e. The lowest BCUT2D eigenvalue weighted by Crippen LogP contribution is -2.34. The molecule has 2 aromatic rings. The fraction of sp³-hybridized carbons (Fsp3) is 0.385. The van der Waals surface area contributed by atoms with Gasteiger partial charge in [0.25, 0.3) is 0 Å². The summed E-state index contributed by atoms with van der Waals surface area (Å²) in [5.41, 5.74) is 7.28. The van der Waals surface area contributed by atoms with Gasteiger partial charge in [-0.05, 0) is 25.1 Å². The van der Waals surface area contributed by atoms with E-state index >= 15 is 0 Å². The van der Waals surface area contributed by atoms with Gasteiger partial charge in [-0.15, -0.1) is 0 Å². The van der Waals surface area contributed by atoms with Crippen LogP contribution in [0.5, 0.6) is 5.75 Å². The van der Waals surface area contributed by atoms with Crippen LogP contribution in [-0.4, -0.2) is 25.7 Å². The van der Waals surface area contributed by atoms with E-state index in [0.717, 1.165) is 22.3 Å². The van der Waals surface area contributed by atoms with Crippen LogP contribution in [0.2, 0.25) is 0 Å². The van der Waals surface area contributed by atoms with Crippen molar-refractivity contribution < 1.29 is 9.47 Å². The van der Waals surface area contributed by atoms with Crippen LogP contribution in [-0.2, 0) is 10.3 Å². The van der Waals surface area contributed by atoms with Crippen molar-refractivity contribution in [2.45, 2.75) is 12.5 Å². The van der Waals surface area contributed by atoms with Crippen molar-refractivity contribution >= 4 is 10.9 Å². The van der Waals surface area contributed by atoms with Crippen molar-refractivity contribution in [3.05, 3.63) is 30.0 Å². The van der Waals surface area contributed by atoms with Crippen LogP contribution in [0, 0.1) is 0 Å². The summed E-state index contributed by atoms with van der Waals surface area (Å²) in [5, 5.41) is 1.12. The van der Waals surface area contributed by atoms with Crippen molar-refractivity contribution in [3.8, 4) is 5.75 Å². The van der Waals surface area contributed by atoms with Gasteiger partial charge >= 0.3 is 0 Å². The zero-order valence-corrected chi connectivity index (χ0v) is 10.4. The zero-order chi connectivity index (χ0) is 12.5. The minimum absolute atomic E-state index is 0.424. The van der Waals surface area contributed by atoms with Gasteiger partial charge in [-0.3, -0.25) is 0 Å². The number of H-pyrrole nitrogens is 1. The zero-order valence-electron chi connectivity index (χ0n) is 10.4. The van der Waals surface area contributed by atoms with Crippen molar-refractivity contribution in [2.75, 3.05) is 20.8 Å². The van der Waals surface area contributed by atoms with E-state index in [9.17, 15) is 0 Å². The highest BCUT2D eigenvalue weighted by Crippen LogP contribution is 2.28. The van der Waals surface area contributed by atoms with Gasteiger partial charge in [-0.25, -0.2) is 0 Å². The number of methoxy groups -OCH3 is 2. The number of aromatic nitrogens is 1. The van der Waals surface area contributed by atoms with Gasteiger partial charge in [0.1, 0.15) is 11.4 Å². The van der Waals surface area contributed by atoms with Crippen molar-refractivity contribution in [3.63, 3.8) is 0 Å². The molecule has 0 radical (unpaired) electrons. The van der Waals surface area contributed by atoms with Crippen molar-refractivity contribution in [1.82, 2.24) is 4.98 Å². The Kier molecular flexibility index (Phi) is 3.09. The average molecular weight is 234 g/mol. The molecular weight excluding hydrogens is 216 g/mol. The number of benzene rings is 1. The minimum Gasteiger partial charge on any atom is -0.497 e. The van der Waals surface area contributed by atoms with Gasteiger partial charge < -0.3 is 20.2 Å². The molecule has 1 atom stereocenters. The number of hydrogen-bond acceptors (Lipinski definition) is 3. The lowest BCUT2D eigenvalue weighted by atomic mass is 10.0. The fourth-order valence-electron chi connectivity index (χ4n) is 1.82. The van der Waals surface area contributed by atoms with Crippen LogP contribution in [0.1, 0.15) is 12.6 Å². The molecule has 0 aliphatic heterocycles. The second-order valence-corrected chi connectivity index (χ2v) is 4.28. The summed E-state index contributed by atoms with van der Waals surface area (Å²) in [5.74, 6) is 0.831. The van der Waals surface area contributed by atoms with E-state index in [1.165, 1.54) is 0 Å². The highest BCUT2D eigenvalue weighted by molar-refractivity contribution is 5.82. The van der Waals surface area contributed by atoms with Crippen LogP contribution in [0.4, 0.5) is 0 Å². The minimum atomic E-state index is -0.480. The smallest absolute Gasteiger partial charge is 0.120 e. The third-order valence-corrected chi connectivity index (χ3v) is 3.24. The van der Waals surface area contributed by atoms with Crippen molar-refractivity contribution in [2.24, 2.45) is 5.73 Å². The first kappa shape index (κ1) is 12.0. The lowest BCUT2D eigenvalue weighted by Gasteiger charge is -2.24. The van der Waals surface area contributed by atoms with Crippen LogP contribution >= 0.6 is 0 Å². The summed E-state index contributed by atoms with van der Waals surface area (Å²) in [6.45, 7) is 2.39. The van der Waals surface area contributed by atoms with E-state index in [2.05, 4.69) is 11.1 Å². The summed E-state index contributed by atoms with van der Waals surface area (Å²) in [4.78, 5) is 3.33. The van der Waals surface area contributed by atoms with Gasteiger partial charge in [0.2, 0.25) is 0 Å². The molecule has 2 rings (SSSR count). The Hall–Kier alpha value is -1.52. The molecule has 3 N–H and O–H groups in total. The summed E-state index contributed by atoms with van der Waals surface area (Å²) in [7, 11) is 3.32. The number of nitrogens with two attached hydrogens (primary N) is 1. The van der Waals surface area contributed by atoms with E-state index in [-0.39, 0.29) is 0 Å². The van der Waals surface area contributed by atoms with Gasteiger partial charge in [0.15, 0.2) is 0 Å². The van der Waals surface area contributed by atoms with Crippen LogP contribution in [0.3, 0.4) is 0 Å². The molecule has 0 bridgehead atoms. The third-order valence-electron chi connectivity index (χ3n) is 3.24. The highest BCUT2D eigenvalue weighted by Gasteiger charge is 2.26. The first-order valence-electron chi connectivity index (χ1n) is 5.55. The highest BCUT2D eigenvalue weighted by atomic mass is 16.5. The molecule has 1 aromatic carbocycles. The summed E-state index contributed by atoms with van der Waals surface area (Å²) < 4.78 is 10.7. The summed E-state index contributed by atoms with van der Waals surface area (Å²) in [6, 6.07) is 7.98. The fourth-order valence-corrected chi connectivity index (χ4v) is 1.82. The van der Waals surface area contributed by atoms with Gasteiger partial charge in [-0.1, -0.05) is 0 Å². The van der Waals surface area contributed by atoms with E-state index < -0.39 is 5.60 Å². The molecule has 0 amide bonds. The quantitative estimate of drug-likeness (QED) is 0.850. The second-order valence-electron chi connectivity index (χ2n) is 4.28. The number of aromatic amines is 1. The molecular formula is C13H18N2O2. The molecule has 1 unspecified atom stereocenters. The molecule has 4 heteroatoms. The predicted molar refractivity (Wildman–Crippen MR) is 68.3 cm³/mol. The largest absolute Gasteiger partial charge is 0.497 e. The maximum absolute atomic E-state index is 5.76. The molecule has 4 nitrogen and oxygen atoms in total. The Balaban J connectivity index is 2.50. The van der Waals surface area contributed by atoms with Crippen LogP contribution < -0.4 is 10.5 Å². The molecule has 1 aromatic heterocycles. The molecule has 17 heavy (non-hydrogen) atoms. The van der Waals surface area contributed by atoms with Crippen LogP contribution in [0.25, 0.3) is 10.9 Å². The first-order chi connectivity index (χ1) is 8.12. The Morgan fingerprint density at radius 1 is 1.29 bits per heavy atom. The number of rotatable bonds is 4. The molecule has 0 saturated carbocycles. The lowest BCUT2D eigenvalue weighted by molar-refractivity contribution is 0.00702. The number of nitrogens with one attached hydrogen (secondary N) is 1. The molecule has 1 heterocycles. The van der Waals surface area contributed by atoms with Gasteiger partial charge in [0, 0.05) is 36.3 Å². The number of hydrogen-bond donors (Lipinski definition) is 2. The molecule has 0 aliphatic rings. The Morgan fingerprint density at radius 3 is 2.65 bits per heavy atom. The summed E-state index contributed by atoms with van der Waals surface area (Å²) >= 11 is 0. The van der Waals surface area contributed by atoms with E-state index in [1.807, 2.05) is 25.1 Å². The third kappa shape index (κ3) is 2.01. The second kappa shape index (κ2) is 4.39. The van der Waals surface area contributed by atoms with E-state index in [4.69, 9.17) is 15.2 Å². The van der Waals surface area contributed by atoms with Crippen LogP contribution in [0.15, 0.2) is 24.3 Å². The van der Waals surface area contributed by atoms with Crippen molar-refractivity contribution in [1.29, 1.82) is 0 Å². The topological polar surface area (TPSA) is 60.3 Å². The number of ether oxygens (including phenoxy) is 2. The Bertz CT molecular complexity index is 515.